The summed E-state index contributed by atoms with van der Waals surface area (Å²) < 4.78 is 0. The van der Waals surface area contributed by atoms with E-state index in [-0.39, 0.29) is 0 Å². The maximum atomic E-state index is 5.87. The van der Waals surface area contributed by atoms with Gasteiger partial charge in [-0.05, 0) is 17.5 Å². The summed E-state index contributed by atoms with van der Waals surface area (Å²) in [5.74, 6) is 0.922. The number of aromatic nitrogens is 1. The third-order valence-corrected chi connectivity index (χ3v) is 1.84. The lowest BCUT2D eigenvalue weighted by Gasteiger charge is -2.07. The van der Waals surface area contributed by atoms with Crippen molar-refractivity contribution in [2.45, 2.75) is 19.8 Å². The minimum atomic E-state index is 0.396. The standard InChI is InChI=1S/C8H11ClN2/c1-5(2)6-3-8(10)11-4-7(6)9/h3-5H,1-2H3,(H2,10,11). The quantitative estimate of drug-likeness (QED) is 0.703. The Kier molecular flexibility index (Phi) is 2.35. The summed E-state index contributed by atoms with van der Waals surface area (Å²) in [5, 5.41) is 0.689. The molecular weight excluding hydrogens is 160 g/mol. The monoisotopic (exact) mass is 170 g/mol. The fourth-order valence-electron chi connectivity index (χ4n) is 0.914. The highest BCUT2D eigenvalue weighted by Gasteiger charge is 2.04. The van der Waals surface area contributed by atoms with Crippen LogP contribution in [0.25, 0.3) is 0 Å². The molecule has 1 aromatic rings. The van der Waals surface area contributed by atoms with Crippen LogP contribution in [0.3, 0.4) is 0 Å². The molecule has 2 N–H and O–H groups in total. The van der Waals surface area contributed by atoms with Crippen LogP contribution in [0.5, 0.6) is 0 Å². The Morgan fingerprint density at radius 2 is 2.18 bits per heavy atom. The van der Waals surface area contributed by atoms with Crippen molar-refractivity contribution in [1.29, 1.82) is 0 Å². The van der Waals surface area contributed by atoms with Crippen LogP contribution in [0.4, 0.5) is 5.82 Å². The molecule has 1 rings (SSSR count). The van der Waals surface area contributed by atoms with E-state index in [1.54, 1.807) is 6.20 Å². The average molecular weight is 171 g/mol. The predicted molar refractivity (Wildman–Crippen MR) is 47.7 cm³/mol. The molecule has 0 radical (unpaired) electrons. The minimum absolute atomic E-state index is 0.396. The highest BCUT2D eigenvalue weighted by atomic mass is 35.5. The van der Waals surface area contributed by atoms with Gasteiger partial charge in [-0.3, -0.25) is 0 Å². The molecule has 0 aliphatic carbocycles. The van der Waals surface area contributed by atoms with Crippen molar-refractivity contribution in [3.8, 4) is 0 Å². The maximum Gasteiger partial charge on any atom is 0.123 e. The predicted octanol–water partition coefficient (Wildman–Crippen LogP) is 2.44. The number of anilines is 1. The summed E-state index contributed by atoms with van der Waals surface area (Å²) in [7, 11) is 0. The van der Waals surface area contributed by atoms with Crippen molar-refractivity contribution in [2.75, 3.05) is 5.73 Å². The van der Waals surface area contributed by atoms with Gasteiger partial charge in [0.05, 0.1) is 5.02 Å². The molecule has 0 aliphatic rings. The van der Waals surface area contributed by atoms with Crippen LogP contribution in [0.1, 0.15) is 25.3 Å². The maximum absolute atomic E-state index is 5.87. The number of pyridine rings is 1. The zero-order chi connectivity index (χ0) is 8.43. The van der Waals surface area contributed by atoms with Gasteiger partial charge in [-0.15, -0.1) is 0 Å². The molecule has 2 nitrogen and oxygen atoms in total. The number of nitrogen functional groups attached to an aromatic ring is 1. The van der Waals surface area contributed by atoms with Crippen LogP contribution >= 0.6 is 11.6 Å². The van der Waals surface area contributed by atoms with E-state index in [4.69, 9.17) is 17.3 Å². The second-order valence-corrected chi connectivity index (χ2v) is 3.19. The van der Waals surface area contributed by atoms with E-state index in [1.165, 1.54) is 0 Å². The van der Waals surface area contributed by atoms with Gasteiger partial charge < -0.3 is 5.73 Å². The van der Waals surface area contributed by atoms with Crippen molar-refractivity contribution >= 4 is 17.4 Å². The Labute approximate surface area is 71.4 Å². The third kappa shape index (κ3) is 1.84. The first-order valence-electron chi connectivity index (χ1n) is 3.52. The molecule has 0 unspecified atom stereocenters. The Morgan fingerprint density at radius 1 is 1.55 bits per heavy atom. The molecule has 0 spiro atoms. The van der Waals surface area contributed by atoms with Crippen molar-refractivity contribution < 1.29 is 0 Å². The van der Waals surface area contributed by atoms with Crippen LogP contribution in [-0.4, -0.2) is 4.98 Å². The lowest BCUT2D eigenvalue weighted by atomic mass is 10.1. The number of hydrogen-bond donors (Lipinski definition) is 1. The summed E-state index contributed by atoms with van der Waals surface area (Å²) in [4.78, 5) is 3.87. The normalized spacial score (nSPS) is 10.5. The Balaban J connectivity index is 3.13. The molecule has 0 atom stereocenters. The first kappa shape index (κ1) is 8.34. The molecule has 60 valence electrons. The van der Waals surface area contributed by atoms with Gasteiger partial charge in [0.1, 0.15) is 5.82 Å². The van der Waals surface area contributed by atoms with Crippen LogP contribution in [0, 0.1) is 0 Å². The van der Waals surface area contributed by atoms with E-state index in [1.807, 2.05) is 6.07 Å². The van der Waals surface area contributed by atoms with Crippen molar-refractivity contribution in [1.82, 2.24) is 4.98 Å². The van der Waals surface area contributed by atoms with Crippen LogP contribution in [-0.2, 0) is 0 Å². The summed E-state index contributed by atoms with van der Waals surface area (Å²) in [6, 6.07) is 1.81. The first-order valence-corrected chi connectivity index (χ1v) is 3.90. The van der Waals surface area contributed by atoms with E-state index in [9.17, 15) is 0 Å². The topological polar surface area (TPSA) is 38.9 Å². The van der Waals surface area contributed by atoms with Gasteiger partial charge in [-0.1, -0.05) is 25.4 Å². The van der Waals surface area contributed by atoms with E-state index < -0.39 is 0 Å². The average Bonchev–Trinajstić information content (AvgIpc) is 1.94. The number of halogens is 1. The van der Waals surface area contributed by atoms with Gasteiger partial charge in [-0.2, -0.15) is 0 Å². The fourth-order valence-corrected chi connectivity index (χ4v) is 1.24. The molecular formula is C8H11ClN2. The van der Waals surface area contributed by atoms with Gasteiger partial charge in [0, 0.05) is 6.20 Å². The van der Waals surface area contributed by atoms with Crippen molar-refractivity contribution in [2.24, 2.45) is 0 Å². The van der Waals surface area contributed by atoms with Gasteiger partial charge in [-0.25, -0.2) is 4.98 Å². The molecule has 1 aromatic heterocycles. The lowest BCUT2D eigenvalue weighted by Crippen LogP contribution is -1.95. The smallest absolute Gasteiger partial charge is 0.123 e. The Bertz CT molecular complexity index is 258. The zero-order valence-electron chi connectivity index (χ0n) is 6.63. The van der Waals surface area contributed by atoms with Crippen LogP contribution in [0.15, 0.2) is 12.3 Å². The van der Waals surface area contributed by atoms with Gasteiger partial charge >= 0.3 is 0 Å². The van der Waals surface area contributed by atoms with Crippen molar-refractivity contribution in [3.05, 3.63) is 22.8 Å². The fraction of sp³-hybridized carbons (Fsp3) is 0.375. The molecule has 0 saturated carbocycles. The number of rotatable bonds is 1. The van der Waals surface area contributed by atoms with Crippen LogP contribution in [0.2, 0.25) is 5.02 Å². The summed E-state index contributed by atoms with van der Waals surface area (Å²) in [6.07, 6.45) is 1.59. The minimum Gasteiger partial charge on any atom is -0.384 e. The molecule has 0 aliphatic heterocycles. The Morgan fingerprint density at radius 3 is 2.64 bits per heavy atom. The third-order valence-electron chi connectivity index (χ3n) is 1.53. The number of nitrogens with zero attached hydrogens (tertiary/aromatic N) is 1. The van der Waals surface area contributed by atoms with E-state index in [0.717, 1.165) is 5.56 Å². The summed E-state index contributed by atoms with van der Waals surface area (Å²) in [6.45, 7) is 4.14. The van der Waals surface area contributed by atoms with Gasteiger partial charge in [0.25, 0.3) is 0 Å². The molecule has 1 heterocycles. The highest BCUT2D eigenvalue weighted by Crippen LogP contribution is 2.24. The Hall–Kier alpha value is -0.760. The van der Waals surface area contributed by atoms with Gasteiger partial charge in [0.15, 0.2) is 0 Å². The molecule has 0 saturated heterocycles. The van der Waals surface area contributed by atoms with Crippen LogP contribution < -0.4 is 5.73 Å². The SMILES string of the molecule is CC(C)c1cc(N)ncc1Cl. The van der Waals surface area contributed by atoms with E-state index in [2.05, 4.69) is 18.8 Å². The molecule has 0 bridgehead atoms. The van der Waals surface area contributed by atoms with Crippen molar-refractivity contribution in [3.63, 3.8) is 0 Å². The summed E-state index contributed by atoms with van der Waals surface area (Å²) >= 11 is 5.87. The molecule has 0 fully saturated rings. The van der Waals surface area contributed by atoms with E-state index >= 15 is 0 Å². The number of nitrogens with two attached hydrogens (primary N) is 1. The highest BCUT2D eigenvalue weighted by molar-refractivity contribution is 6.31. The molecule has 0 amide bonds. The van der Waals surface area contributed by atoms with E-state index in [0.29, 0.717) is 16.8 Å². The zero-order valence-corrected chi connectivity index (χ0v) is 7.39. The molecule has 3 heteroatoms. The summed E-state index contributed by atoms with van der Waals surface area (Å²) in [5.41, 5.74) is 6.55. The first-order chi connectivity index (χ1) is 5.11. The second-order valence-electron chi connectivity index (χ2n) is 2.79. The number of hydrogen-bond acceptors (Lipinski definition) is 2. The second kappa shape index (κ2) is 3.09. The molecule has 11 heavy (non-hydrogen) atoms. The molecule has 0 aromatic carbocycles. The van der Waals surface area contributed by atoms with Gasteiger partial charge in [0.2, 0.25) is 0 Å². The lowest BCUT2D eigenvalue weighted by molar-refractivity contribution is 0.864. The largest absolute Gasteiger partial charge is 0.384 e.